The molecule has 0 bridgehead atoms. The van der Waals surface area contributed by atoms with Crippen LogP contribution < -0.4 is 11.1 Å². The maximum Gasteiger partial charge on any atom is 0.251 e. The number of aryl methyl sites for hydroxylation is 1. The van der Waals surface area contributed by atoms with Gasteiger partial charge in [-0.3, -0.25) is 4.79 Å². The van der Waals surface area contributed by atoms with E-state index in [1.807, 2.05) is 25.1 Å². The Morgan fingerprint density at radius 3 is 2.71 bits per heavy atom. The molecule has 1 amide bonds. The van der Waals surface area contributed by atoms with Gasteiger partial charge >= 0.3 is 0 Å². The van der Waals surface area contributed by atoms with Crippen LogP contribution in [0.3, 0.4) is 0 Å². The van der Waals surface area contributed by atoms with E-state index in [-0.39, 0.29) is 5.91 Å². The summed E-state index contributed by atoms with van der Waals surface area (Å²) < 4.78 is 0. The van der Waals surface area contributed by atoms with Crippen LogP contribution in [0.5, 0.6) is 0 Å². The quantitative estimate of drug-likeness (QED) is 0.624. The van der Waals surface area contributed by atoms with Gasteiger partial charge in [0.25, 0.3) is 5.91 Å². The van der Waals surface area contributed by atoms with Crippen molar-refractivity contribution < 1.29 is 4.79 Å². The van der Waals surface area contributed by atoms with Gasteiger partial charge in [-0.2, -0.15) is 0 Å². The van der Waals surface area contributed by atoms with E-state index in [4.69, 9.17) is 5.73 Å². The highest BCUT2D eigenvalue weighted by Gasteiger charge is 2.06. The van der Waals surface area contributed by atoms with E-state index in [1.165, 1.54) is 6.42 Å². The molecule has 1 rings (SSSR count). The first kappa shape index (κ1) is 17.3. The van der Waals surface area contributed by atoms with Gasteiger partial charge in [-0.25, -0.2) is 0 Å². The molecule has 3 nitrogen and oxygen atoms in total. The van der Waals surface area contributed by atoms with Crippen LogP contribution in [-0.4, -0.2) is 19.0 Å². The molecule has 0 aliphatic heterocycles. The SMILES string of the molecule is Cc1cc(C(=O)NCCCCC(C)C)ccc1C#CCN. The van der Waals surface area contributed by atoms with Crippen molar-refractivity contribution in [2.24, 2.45) is 11.7 Å². The molecule has 0 heterocycles. The molecule has 114 valence electrons. The number of nitrogens with two attached hydrogens (primary N) is 1. The number of rotatable bonds is 6. The van der Waals surface area contributed by atoms with Crippen LogP contribution in [0.1, 0.15) is 54.6 Å². The van der Waals surface area contributed by atoms with Crippen molar-refractivity contribution in [2.75, 3.05) is 13.1 Å². The Morgan fingerprint density at radius 2 is 2.10 bits per heavy atom. The monoisotopic (exact) mass is 286 g/mol. The molecule has 0 radical (unpaired) electrons. The summed E-state index contributed by atoms with van der Waals surface area (Å²) in [4.78, 5) is 12.1. The van der Waals surface area contributed by atoms with Gasteiger partial charge in [0.15, 0.2) is 0 Å². The number of unbranched alkanes of at least 4 members (excludes halogenated alkanes) is 1. The highest BCUT2D eigenvalue weighted by Crippen LogP contribution is 2.10. The van der Waals surface area contributed by atoms with Gasteiger partial charge in [0, 0.05) is 17.7 Å². The molecule has 21 heavy (non-hydrogen) atoms. The minimum absolute atomic E-state index is 0.0130. The lowest BCUT2D eigenvalue weighted by Gasteiger charge is -2.08. The van der Waals surface area contributed by atoms with E-state index in [9.17, 15) is 4.79 Å². The van der Waals surface area contributed by atoms with Crippen molar-refractivity contribution in [2.45, 2.75) is 40.0 Å². The fourth-order valence-electron chi connectivity index (χ4n) is 2.07. The Labute approximate surface area is 128 Å². The first-order valence-electron chi connectivity index (χ1n) is 7.62. The summed E-state index contributed by atoms with van der Waals surface area (Å²) in [7, 11) is 0. The third kappa shape index (κ3) is 6.46. The lowest BCUT2D eigenvalue weighted by atomic mass is 10.0. The van der Waals surface area contributed by atoms with Crippen molar-refractivity contribution in [3.8, 4) is 11.8 Å². The highest BCUT2D eigenvalue weighted by atomic mass is 16.1. The molecule has 0 saturated heterocycles. The normalized spacial score (nSPS) is 10.1. The Kier molecular flexibility index (Phi) is 7.56. The van der Waals surface area contributed by atoms with Crippen LogP contribution in [0.15, 0.2) is 18.2 Å². The second-order valence-corrected chi connectivity index (χ2v) is 5.68. The minimum atomic E-state index is -0.0130. The Balaban J connectivity index is 2.49. The molecule has 3 N–H and O–H groups in total. The van der Waals surface area contributed by atoms with Gasteiger partial charge in [0.1, 0.15) is 0 Å². The molecule has 0 aliphatic rings. The average molecular weight is 286 g/mol. The second kappa shape index (κ2) is 9.20. The van der Waals surface area contributed by atoms with Gasteiger partial charge in [-0.05, 0) is 43.0 Å². The van der Waals surface area contributed by atoms with Gasteiger partial charge in [-0.1, -0.05) is 38.5 Å². The maximum atomic E-state index is 12.1. The molecule has 1 aromatic rings. The summed E-state index contributed by atoms with van der Waals surface area (Å²) in [5.41, 5.74) is 7.98. The smallest absolute Gasteiger partial charge is 0.251 e. The van der Waals surface area contributed by atoms with Crippen molar-refractivity contribution in [3.05, 3.63) is 34.9 Å². The number of carbonyl (C=O) groups is 1. The average Bonchev–Trinajstić information content (AvgIpc) is 2.45. The standard InChI is InChI=1S/C18H26N2O/c1-14(2)7-4-5-12-20-18(21)17-10-9-16(8-6-11-19)15(3)13-17/h9-10,13-14H,4-5,7,11-12,19H2,1-3H3,(H,20,21). The van der Waals surface area contributed by atoms with Crippen LogP contribution in [0.2, 0.25) is 0 Å². The number of carbonyl (C=O) groups excluding carboxylic acids is 1. The summed E-state index contributed by atoms with van der Waals surface area (Å²) in [6, 6.07) is 5.58. The fraction of sp³-hybridized carbons (Fsp3) is 0.500. The zero-order valence-electron chi connectivity index (χ0n) is 13.3. The number of hydrogen-bond acceptors (Lipinski definition) is 2. The van der Waals surface area contributed by atoms with Gasteiger partial charge in [0.05, 0.1) is 6.54 Å². The Hall–Kier alpha value is -1.79. The summed E-state index contributed by atoms with van der Waals surface area (Å²) in [6.45, 7) is 7.48. The zero-order valence-corrected chi connectivity index (χ0v) is 13.3. The molecule has 0 spiro atoms. The summed E-state index contributed by atoms with van der Waals surface area (Å²) in [5.74, 6) is 6.55. The summed E-state index contributed by atoms with van der Waals surface area (Å²) in [5, 5.41) is 2.97. The number of benzene rings is 1. The zero-order chi connectivity index (χ0) is 15.7. The molecule has 0 aromatic heterocycles. The van der Waals surface area contributed by atoms with Crippen LogP contribution in [0.4, 0.5) is 0 Å². The molecular weight excluding hydrogens is 260 g/mol. The topological polar surface area (TPSA) is 55.1 Å². The number of hydrogen-bond donors (Lipinski definition) is 2. The molecule has 0 atom stereocenters. The van der Waals surface area contributed by atoms with E-state index < -0.39 is 0 Å². The minimum Gasteiger partial charge on any atom is -0.352 e. The van der Waals surface area contributed by atoms with E-state index in [2.05, 4.69) is 31.0 Å². The first-order valence-corrected chi connectivity index (χ1v) is 7.62. The molecule has 1 aromatic carbocycles. The van der Waals surface area contributed by atoms with E-state index in [1.54, 1.807) is 0 Å². The molecule has 0 unspecified atom stereocenters. The van der Waals surface area contributed by atoms with E-state index in [0.717, 1.165) is 36.4 Å². The van der Waals surface area contributed by atoms with Gasteiger partial charge in [-0.15, -0.1) is 0 Å². The Morgan fingerprint density at radius 1 is 1.33 bits per heavy atom. The molecule has 0 saturated carbocycles. The van der Waals surface area contributed by atoms with Crippen molar-refractivity contribution in [1.29, 1.82) is 0 Å². The number of nitrogens with one attached hydrogen (secondary N) is 1. The van der Waals surface area contributed by atoms with E-state index in [0.29, 0.717) is 12.1 Å². The summed E-state index contributed by atoms with van der Waals surface area (Å²) >= 11 is 0. The highest BCUT2D eigenvalue weighted by molar-refractivity contribution is 5.94. The van der Waals surface area contributed by atoms with Crippen molar-refractivity contribution in [1.82, 2.24) is 5.32 Å². The first-order chi connectivity index (χ1) is 10.0. The second-order valence-electron chi connectivity index (χ2n) is 5.68. The van der Waals surface area contributed by atoms with Crippen molar-refractivity contribution in [3.63, 3.8) is 0 Å². The lowest BCUT2D eigenvalue weighted by molar-refractivity contribution is 0.0953. The van der Waals surface area contributed by atoms with Crippen LogP contribution in [0, 0.1) is 24.7 Å². The molecule has 0 fully saturated rings. The third-order valence-electron chi connectivity index (χ3n) is 3.31. The van der Waals surface area contributed by atoms with Gasteiger partial charge in [0.2, 0.25) is 0 Å². The molecule has 3 heteroatoms. The predicted octanol–water partition coefficient (Wildman–Crippen LogP) is 2.86. The van der Waals surface area contributed by atoms with Crippen LogP contribution in [0.25, 0.3) is 0 Å². The van der Waals surface area contributed by atoms with E-state index >= 15 is 0 Å². The van der Waals surface area contributed by atoms with Crippen LogP contribution in [-0.2, 0) is 0 Å². The summed E-state index contributed by atoms with van der Waals surface area (Å²) in [6.07, 6.45) is 3.40. The molecular formula is C18H26N2O. The fourth-order valence-corrected chi connectivity index (χ4v) is 2.07. The predicted molar refractivity (Wildman–Crippen MR) is 88.1 cm³/mol. The van der Waals surface area contributed by atoms with Gasteiger partial charge < -0.3 is 11.1 Å². The van der Waals surface area contributed by atoms with Crippen LogP contribution >= 0.6 is 0 Å². The largest absolute Gasteiger partial charge is 0.352 e. The third-order valence-corrected chi connectivity index (χ3v) is 3.31. The maximum absolute atomic E-state index is 12.1. The lowest BCUT2D eigenvalue weighted by Crippen LogP contribution is -2.24. The number of amides is 1. The van der Waals surface area contributed by atoms with Crippen molar-refractivity contribution >= 4 is 5.91 Å². The molecule has 0 aliphatic carbocycles. The Bertz CT molecular complexity index is 524.